The van der Waals surface area contributed by atoms with Gasteiger partial charge in [-0.15, -0.1) is 11.3 Å². The van der Waals surface area contributed by atoms with Gasteiger partial charge in [0.1, 0.15) is 0 Å². The fourth-order valence-corrected chi connectivity index (χ4v) is 2.97. The molecule has 4 heteroatoms. The lowest BCUT2D eigenvalue weighted by Crippen LogP contribution is -2.45. The van der Waals surface area contributed by atoms with E-state index in [0.717, 1.165) is 16.9 Å². The Kier molecular flexibility index (Phi) is 5.53. The first-order valence-corrected chi connectivity index (χ1v) is 8.15. The summed E-state index contributed by atoms with van der Waals surface area (Å²) in [5, 5.41) is 5.12. The Morgan fingerprint density at radius 3 is 2.52 bits per heavy atom. The maximum atomic E-state index is 12.4. The summed E-state index contributed by atoms with van der Waals surface area (Å²) in [6, 6.07) is 13.4. The summed E-state index contributed by atoms with van der Waals surface area (Å²) >= 11 is 1.64. The highest BCUT2D eigenvalue weighted by molar-refractivity contribution is 7.10. The molecule has 0 radical (unpaired) electrons. The molecule has 2 aromatic rings. The second kappa shape index (κ2) is 7.38. The van der Waals surface area contributed by atoms with E-state index in [1.165, 1.54) is 0 Å². The predicted octanol–water partition coefficient (Wildman–Crippen LogP) is 3.33. The lowest BCUT2D eigenvalue weighted by molar-refractivity contribution is -0.123. The van der Waals surface area contributed by atoms with Crippen molar-refractivity contribution >= 4 is 17.2 Å². The number of amides is 1. The first kappa shape index (κ1) is 15.7. The zero-order valence-electron chi connectivity index (χ0n) is 12.5. The number of benzene rings is 1. The van der Waals surface area contributed by atoms with E-state index < -0.39 is 6.04 Å². The van der Waals surface area contributed by atoms with Gasteiger partial charge in [0, 0.05) is 4.88 Å². The van der Waals surface area contributed by atoms with Gasteiger partial charge in [-0.3, -0.25) is 4.79 Å². The van der Waals surface area contributed by atoms with Crippen molar-refractivity contribution in [3.8, 4) is 0 Å². The first-order valence-electron chi connectivity index (χ1n) is 7.27. The number of hydrogen-bond donors (Lipinski definition) is 2. The van der Waals surface area contributed by atoms with Crippen LogP contribution in [-0.4, -0.2) is 11.9 Å². The van der Waals surface area contributed by atoms with E-state index in [2.05, 4.69) is 5.32 Å². The second-order valence-electron chi connectivity index (χ2n) is 5.28. The van der Waals surface area contributed by atoms with Crippen LogP contribution in [0.5, 0.6) is 0 Å². The summed E-state index contributed by atoms with van der Waals surface area (Å²) in [5.74, 6) is 0.0800. The van der Waals surface area contributed by atoms with E-state index in [4.69, 9.17) is 5.73 Å². The maximum Gasteiger partial charge on any atom is 0.237 e. The second-order valence-corrected chi connectivity index (χ2v) is 6.26. The molecule has 1 heterocycles. The van der Waals surface area contributed by atoms with Crippen molar-refractivity contribution in [3.63, 3.8) is 0 Å². The van der Waals surface area contributed by atoms with Crippen molar-refractivity contribution in [2.75, 3.05) is 0 Å². The van der Waals surface area contributed by atoms with Crippen LogP contribution in [0.4, 0.5) is 0 Å². The van der Waals surface area contributed by atoms with Crippen LogP contribution in [0.3, 0.4) is 0 Å². The van der Waals surface area contributed by atoms with Crippen molar-refractivity contribution in [3.05, 3.63) is 58.3 Å². The number of thiophene rings is 1. The Morgan fingerprint density at radius 2 is 1.95 bits per heavy atom. The van der Waals surface area contributed by atoms with Gasteiger partial charge in [0.25, 0.3) is 0 Å². The van der Waals surface area contributed by atoms with Crippen LogP contribution in [0.1, 0.15) is 36.8 Å². The Labute approximate surface area is 130 Å². The molecule has 112 valence electrons. The third kappa shape index (κ3) is 3.93. The standard InChI is InChI=1S/C17H22N2OS/c1-3-12(2)15(18)17(20)19-16(14-10-7-11-21-14)13-8-5-4-6-9-13/h4-12,15-16H,3,18H2,1-2H3,(H,19,20)/t12-,15-,16?/m0/s1. The van der Waals surface area contributed by atoms with Crippen molar-refractivity contribution in [2.24, 2.45) is 11.7 Å². The van der Waals surface area contributed by atoms with Crippen LogP contribution in [0.25, 0.3) is 0 Å². The fraction of sp³-hybridized carbons (Fsp3) is 0.353. The molecule has 1 aromatic heterocycles. The molecule has 2 rings (SSSR count). The first-order chi connectivity index (χ1) is 10.1. The molecule has 1 amide bonds. The number of rotatable bonds is 6. The molecule has 0 fully saturated rings. The average Bonchev–Trinajstić information content (AvgIpc) is 3.05. The molecule has 0 aliphatic heterocycles. The number of carbonyl (C=O) groups is 1. The molecule has 0 spiro atoms. The van der Waals surface area contributed by atoms with Crippen LogP contribution in [0.15, 0.2) is 47.8 Å². The predicted molar refractivity (Wildman–Crippen MR) is 88.2 cm³/mol. The van der Waals surface area contributed by atoms with E-state index >= 15 is 0 Å². The Hall–Kier alpha value is -1.65. The third-order valence-electron chi connectivity index (χ3n) is 3.81. The Balaban J connectivity index is 2.20. The summed E-state index contributed by atoms with van der Waals surface area (Å²) in [7, 11) is 0. The van der Waals surface area contributed by atoms with Crippen LogP contribution in [0, 0.1) is 5.92 Å². The molecule has 0 aliphatic carbocycles. The zero-order valence-corrected chi connectivity index (χ0v) is 13.3. The van der Waals surface area contributed by atoms with Crippen LogP contribution in [0.2, 0.25) is 0 Å². The molecule has 1 aromatic carbocycles. The largest absolute Gasteiger partial charge is 0.343 e. The van der Waals surface area contributed by atoms with Crippen molar-refractivity contribution in [1.29, 1.82) is 0 Å². The van der Waals surface area contributed by atoms with Crippen LogP contribution >= 0.6 is 11.3 Å². The quantitative estimate of drug-likeness (QED) is 0.860. The van der Waals surface area contributed by atoms with Crippen molar-refractivity contribution in [2.45, 2.75) is 32.4 Å². The molecule has 3 N–H and O–H groups in total. The van der Waals surface area contributed by atoms with E-state index in [-0.39, 0.29) is 17.9 Å². The van der Waals surface area contributed by atoms with Gasteiger partial charge in [-0.05, 0) is 22.9 Å². The molecule has 21 heavy (non-hydrogen) atoms. The fourth-order valence-electron chi connectivity index (χ4n) is 2.17. The molecule has 3 atom stereocenters. The van der Waals surface area contributed by atoms with Gasteiger partial charge in [-0.1, -0.05) is 56.7 Å². The Bertz CT molecular complexity index is 553. The van der Waals surface area contributed by atoms with Crippen molar-refractivity contribution < 1.29 is 4.79 Å². The SMILES string of the molecule is CC[C@H](C)[C@H](N)C(=O)NC(c1ccccc1)c1cccs1. The molecule has 0 saturated heterocycles. The highest BCUT2D eigenvalue weighted by atomic mass is 32.1. The highest BCUT2D eigenvalue weighted by Gasteiger charge is 2.24. The van der Waals surface area contributed by atoms with Gasteiger partial charge in [0.2, 0.25) is 5.91 Å². The van der Waals surface area contributed by atoms with Crippen LogP contribution < -0.4 is 11.1 Å². The maximum absolute atomic E-state index is 12.4. The molecule has 3 nitrogen and oxygen atoms in total. The topological polar surface area (TPSA) is 55.1 Å². The van der Waals surface area contributed by atoms with Gasteiger partial charge in [-0.2, -0.15) is 0 Å². The molecular formula is C17H22N2OS. The molecule has 0 saturated carbocycles. The van der Waals surface area contributed by atoms with Crippen molar-refractivity contribution in [1.82, 2.24) is 5.32 Å². The van der Waals surface area contributed by atoms with E-state index in [0.29, 0.717) is 0 Å². The van der Waals surface area contributed by atoms with Gasteiger partial charge in [0.05, 0.1) is 12.1 Å². The molecular weight excluding hydrogens is 280 g/mol. The van der Waals surface area contributed by atoms with Gasteiger partial charge >= 0.3 is 0 Å². The average molecular weight is 302 g/mol. The smallest absolute Gasteiger partial charge is 0.237 e. The lowest BCUT2D eigenvalue weighted by atomic mass is 9.98. The Morgan fingerprint density at radius 1 is 1.24 bits per heavy atom. The number of nitrogens with two attached hydrogens (primary N) is 1. The van der Waals surface area contributed by atoms with E-state index in [1.807, 2.05) is 61.7 Å². The minimum Gasteiger partial charge on any atom is -0.343 e. The van der Waals surface area contributed by atoms with E-state index in [1.54, 1.807) is 11.3 Å². The number of carbonyl (C=O) groups excluding carboxylic acids is 1. The number of hydrogen-bond acceptors (Lipinski definition) is 3. The molecule has 0 bridgehead atoms. The lowest BCUT2D eigenvalue weighted by Gasteiger charge is -2.23. The monoisotopic (exact) mass is 302 g/mol. The van der Waals surface area contributed by atoms with E-state index in [9.17, 15) is 4.79 Å². The molecule has 1 unspecified atom stereocenters. The normalized spacial score (nSPS) is 15.2. The zero-order chi connectivity index (χ0) is 15.2. The number of nitrogens with one attached hydrogen (secondary N) is 1. The summed E-state index contributed by atoms with van der Waals surface area (Å²) < 4.78 is 0. The van der Waals surface area contributed by atoms with Gasteiger partial charge < -0.3 is 11.1 Å². The summed E-state index contributed by atoms with van der Waals surface area (Å²) in [4.78, 5) is 13.5. The summed E-state index contributed by atoms with van der Waals surface area (Å²) in [6.45, 7) is 4.05. The minimum absolute atomic E-state index is 0.0911. The van der Waals surface area contributed by atoms with Gasteiger partial charge in [-0.25, -0.2) is 0 Å². The third-order valence-corrected chi connectivity index (χ3v) is 4.74. The minimum atomic E-state index is -0.471. The summed E-state index contributed by atoms with van der Waals surface area (Å²) in [6.07, 6.45) is 0.892. The highest BCUT2D eigenvalue weighted by Crippen LogP contribution is 2.26. The van der Waals surface area contributed by atoms with Gasteiger partial charge in [0.15, 0.2) is 0 Å². The molecule has 0 aliphatic rings. The summed E-state index contributed by atoms with van der Waals surface area (Å²) in [5.41, 5.74) is 7.12. The van der Waals surface area contributed by atoms with Crippen LogP contribution in [-0.2, 0) is 4.79 Å².